The van der Waals surface area contributed by atoms with Gasteiger partial charge in [-0.1, -0.05) is 24.3 Å². The van der Waals surface area contributed by atoms with Crippen molar-refractivity contribution in [2.24, 2.45) is 10.7 Å². The molecule has 0 saturated heterocycles. The highest BCUT2D eigenvalue weighted by molar-refractivity contribution is 5.92. The van der Waals surface area contributed by atoms with Crippen LogP contribution in [0.1, 0.15) is 5.56 Å². The number of nitrogens with one attached hydrogen (secondary N) is 1. The van der Waals surface area contributed by atoms with E-state index in [2.05, 4.69) is 22.4 Å². The van der Waals surface area contributed by atoms with Gasteiger partial charge in [-0.15, -0.1) is 0 Å². The van der Waals surface area contributed by atoms with Gasteiger partial charge in [0.25, 0.3) is 0 Å². The van der Waals surface area contributed by atoms with Crippen molar-refractivity contribution < 1.29 is 9.47 Å². The first-order chi connectivity index (χ1) is 12.2. The molecule has 0 aromatic heterocycles. The molecule has 0 unspecified atom stereocenters. The van der Waals surface area contributed by atoms with E-state index in [1.807, 2.05) is 48.5 Å². The highest BCUT2D eigenvalue weighted by Crippen LogP contribution is 2.22. The van der Waals surface area contributed by atoms with Gasteiger partial charge in [-0.2, -0.15) is 0 Å². The van der Waals surface area contributed by atoms with E-state index < -0.39 is 0 Å². The van der Waals surface area contributed by atoms with Gasteiger partial charge in [-0.25, -0.2) is 4.99 Å². The third-order valence-electron chi connectivity index (χ3n) is 3.89. The lowest BCUT2D eigenvalue weighted by Crippen LogP contribution is -2.22. The number of fused-ring (bicyclic) bond motifs is 1. The predicted octanol–water partition coefficient (Wildman–Crippen LogP) is 3.78. The lowest BCUT2D eigenvalue weighted by molar-refractivity contribution is 0.415. The molecule has 25 heavy (non-hydrogen) atoms. The molecule has 3 N–H and O–H groups in total. The van der Waals surface area contributed by atoms with Crippen molar-refractivity contribution >= 4 is 22.4 Å². The van der Waals surface area contributed by atoms with Gasteiger partial charge in [0.2, 0.25) is 0 Å². The zero-order valence-electron chi connectivity index (χ0n) is 14.3. The molecule has 128 valence electrons. The Morgan fingerprint density at radius 1 is 0.920 bits per heavy atom. The summed E-state index contributed by atoms with van der Waals surface area (Å²) >= 11 is 0. The maximum absolute atomic E-state index is 5.98. The van der Waals surface area contributed by atoms with Crippen LogP contribution in [-0.4, -0.2) is 20.2 Å². The molecule has 0 atom stereocenters. The summed E-state index contributed by atoms with van der Waals surface area (Å²) in [7, 11) is 3.30. The summed E-state index contributed by atoms with van der Waals surface area (Å²) in [4.78, 5) is 4.40. The second-order valence-corrected chi connectivity index (χ2v) is 5.61. The van der Waals surface area contributed by atoms with Crippen molar-refractivity contribution in [1.82, 2.24) is 0 Å². The molecule has 0 spiro atoms. The standard InChI is InChI=1S/C20H21N3O2/c1-24-18-5-3-4-17(12-18)23-20(21)22-13-14-6-7-16-11-19(25-2)9-8-15(16)10-14/h3-12H,13H2,1-2H3,(H3,21,22,23). The van der Waals surface area contributed by atoms with Crippen molar-refractivity contribution in [3.05, 3.63) is 66.2 Å². The molecule has 0 bridgehead atoms. The molecule has 0 aliphatic rings. The maximum atomic E-state index is 5.98. The fourth-order valence-electron chi connectivity index (χ4n) is 2.56. The molecule has 0 saturated carbocycles. The number of ether oxygens (including phenoxy) is 2. The average Bonchev–Trinajstić information content (AvgIpc) is 2.66. The summed E-state index contributed by atoms with van der Waals surface area (Å²) in [5, 5.41) is 5.35. The van der Waals surface area contributed by atoms with Gasteiger partial charge in [0.05, 0.1) is 20.8 Å². The minimum Gasteiger partial charge on any atom is -0.497 e. The lowest BCUT2D eigenvalue weighted by atomic mass is 10.1. The van der Waals surface area contributed by atoms with Gasteiger partial charge >= 0.3 is 0 Å². The van der Waals surface area contributed by atoms with Gasteiger partial charge in [-0.3, -0.25) is 0 Å². The van der Waals surface area contributed by atoms with Crippen LogP contribution in [0.2, 0.25) is 0 Å². The summed E-state index contributed by atoms with van der Waals surface area (Å²) in [5.41, 5.74) is 7.91. The summed E-state index contributed by atoms with van der Waals surface area (Å²) < 4.78 is 10.4. The second kappa shape index (κ2) is 7.57. The topological polar surface area (TPSA) is 68.9 Å². The van der Waals surface area contributed by atoms with E-state index in [4.69, 9.17) is 15.2 Å². The zero-order valence-corrected chi connectivity index (χ0v) is 14.3. The number of nitrogens with zero attached hydrogens (tertiary/aromatic N) is 1. The molecule has 3 aromatic rings. The molecule has 0 fully saturated rings. The summed E-state index contributed by atoms with van der Waals surface area (Å²) in [6.45, 7) is 0.505. The number of nitrogens with two attached hydrogens (primary N) is 1. The number of aliphatic imine (C=N–C) groups is 1. The van der Waals surface area contributed by atoms with E-state index in [0.717, 1.165) is 33.5 Å². The van der Waals surface area contributed by atoms with Gasteiger partial charge in [0.15, 0.2) is 5.96 Å². The second-order valence-electron chi connectivity index (χ2n) is 5.61. The quantitative estimate of drug-likeness (QED) is 0.550. The highest BCUT2D eigenvalue weighted by Gasteiger charge is 2.00. The van der Waals surface area contributed by atoms with Crippen LogP contribution in [0.4, 0.5) is 5.69 Å². The van der Waals surface area contributed by atoms with E-state index in [0.29, 0.717) is 12.5 Å². The van der Waals surface area contributed by atoms with Crippen LogP contribution in [0, 0.1) is 0 Å². The molecular formula is C20H21N3O2. The minimum atomic E-state index is 0.364. The Labute approximate surface area is 147 Å². The smallest absolute Gasteiger partial charge is 0.193 e. The molecule has 0 radical (unpaired) electrons. The van der Waals surface area contributed by atoms with Crippen LogP contribution in [0.25, 0.3) is 10.8 Å². The lowest BCUT2D eigenvalue weighted by Gasteiger charge is -2.08. The van der Waals surface area contributed by atoms with E-state index in [1.165, 1.54) is 0 Å². The molecule has 3 rings (SSSR count). The molecule has 0 amide bonds. The van der Waals surface area contributed by atoms with Crippen LogP contribution in [-0.2, 0) is 6.54 Å². The van der Waals surface area contributed by atoms with E-state index in [-0.39, 0.29) is 0 Å². The molecule has 0 heterocycles. The monoisotopic (exact) mass is 335 g/mol. The first-order valence-corrected chi connectivity index (χ1v) is 7.95. The Morgan fingerprint density at radius 2 is 1.64 bits per heavy atom. The number of methoxy groups -OCH3 is 2. The van der Waals surface area contributed by atoms with Crippen LogP contribution < -0.4 is 20.5 Å². The van der Waals surface area contributed by atoms with Crippen molar-refractivity contribution in [3.63, 3.8) is 0 Å². The number of hydrogen-bond donors (Lipinski definition) is 2. The number of hydrogen-bond acceptors (Lipinski definition) is 3. The zero-order chi connectivity index (χ0) is 17.6. The predicted molar refractivity (Wildman–Crippen MR) is 102 cm³/mol. The summed E-state index contributed by atoms with van der Waals surface area (Å²) in [6, 6.07) is 19.8. The molecule has 0 aliphatic heterocycles. The molecular weight excluding hydrogens is 314 g/mol. The third kappa shape index (κ3) is 4.20. The molecule has 5 heteroatoms. The minimum absolute atomic E-state index is 0.364. The van der Waals surface area contributed by atoms with Crippen LogP contribution in [0.15, 0.2) is 65.7 Å². The van der Waals surface area contributed by atoms with Crippen molar-refractivity contribution in [2.75, 3.05) is 19.5 Å². The van der Waals surface area contributed by atoms with E-state index >= 15 is 0 Å². The number of guanidine groups is 1. The molecule has 5 nitrogen and oxygen atoms in total. The van der Waals surface area contributed by atoms with Crippen LogP contribution in [0.3, 0.4) is 0 Å². The van der Waals surface area contributed by atoms with Gasteiger partial charge in [0.1, 0.15) is 11.5 Å². The number of benzene rings is 3. The van der Waals surface area contributed by atoms with E-state index in [1.54, 1.807) is 14.2 Å². The fourth-order valence-corrected chi connectivity index (χ4v) is 2.56. The highest BCUT2D eigenvalue weighted by atomic mass is 16.5. The third-order valence-corrected chi connectivity index (χ3v) is 3.89. The van der Waals surface area contributed by atoms with Crippen LogP contribution in [0.5, 0.6) is 11.5 Å². The maximum Gasteiger partial charge on any atom is 0.193 e. The SMILES string of the molecule is COc1cccc(NC(N)=NCc2ccc3cc(OC)ccc3c2)c1. The van der Waals surface area contributed by atoms with Gasteiger partial charge in [0, 0.05) is 11.8 Å². The Morgan fingerprint density at radius 3 is 2.44 bits per heavy atom. The average molecular weight is 335 g/mol. The van der Waals surface area contributed by atoms with E-state index in [9.17, 15) is 0 Å². The summed E-state index contributed by atoms with van der Waals surface area (Å²) in [6.07, 6.45) is 0. The van der Waals surface area contributed by atoms with Gasteiger partial charge < -0.3 is 20.5 Å². The molecule has 0 aliphatic carbocycles. The number of rotatable bonds is 5. The van der Waals surface area contributed by atoms with Crippen molar-refractivity contribution in [1.29, 1.82) is 0 Å². The Bertz CT molecular complexity index is 906. The number of anilines is 1. The largest absolute Gasteiger partial charge is 0.497 e. The van der Waals surface area contributed by atoms with Crippen LogP contribution >= 0.6 is 0 Å². The Kier molecular flexibility index (Phi) is 5.04. The van der Waals surface area contributed by atoms with Crippen molar-refractivity contribution in [2.45, 2.75) is 6.54 Å². The summed E-state index contributed by atoms with van der Waals surface area (Å²) in [5.74, 6) is 1.98. The van der Waals surface area contributed by atoms with Crippen molar-refractivity contribution in [3.8, 4) is 11.5 Å². The Balaban J connectivity index is 1.70. The van der Waals surface area contributed by atoms with Gasteiger partial charge in [-0.05, 0) is 46.7 Å². The first kappa shape index (κ1) is 16.6. The first-order valence-electron chi connectivity index (χ1n) is 7.95. The molecule has 3 aromatic carbocycles. The Hall–Kier alpha value is -3.21. The fraction of sp³-hybridized carbons (Fsp3) is 0.150. The normalized spacial score (nSPS) is 11.4.